The van der Waals surface area contributed by atoms with Crippen LogP contribution in [-0.2, 0) is 0 Å². The standard InChI is InChI=1S/C15H27F3N2/c16-15(17,18)13-10-6-5-9-12(13)14(20-19)11-7-3-1-2-4-8-11/h11-14,20H,1-10,19H2. The first-order valence-corrected chi connectivity index (χ1v) is 8.07. The Morgan fingerprint density at radius 1 is 0.850 bits per heavy atom. The van der Waals surface area contributed by atoms with Crippen molar-refractivity contribution in [1.29, 1.82) is 0 Å². The second-order valence-electron chi connectivity index (χ2n) is 6.54. The highest BCUT2D eigenvalue weighted by molar-refractivity contribution is 4.91. The lowest BCUT2D eigenvalue weighted by atomic mass is 9.70. The van der Waals surface area contributed by atoms with Crippen LogP contribution in [0.4, 0.5) is 13.2 Å². The van der Waals surface area contributed by atoms with Gasteiger partial charge in [0.1, 0.15) is 0 Å². The molecule has 118 valence electrons. The van der Waals surface area contributed by atoms with Crippen LogP contribution in [0.3, 0.4) is 0 Å². The molecular formula is C15H27F3N2. The Kier molecular flexibility index (Phi) is 5.73. The zero-order valence-electron chi connectivity index (χ0n) is 12.1. The van der Waals surface area contributed by atoms with E-state index in [1.165, 1.54) is 12.8 Å². The highest BCUT2D eigenvalue weighted by atomic mass is 19.4. The molecule has 0 aliphatic heterocycles. The minimum atomic E-state index is -4.08. The summed E-state index contributed by atoms with van der Waals surface area (Å²) in [6, 6.07) is -0.167. The first-order chi connectivity index (χ1) is 9.54. The summed E-state index contributed by atoms with van der Waals surface area (Å²) < 4.78 is 39.8. The van der Waals surface area contributed by atoms with Crippen LogP contribution in [0.25, 0.3) is 0 Å². The maximum atomic E-state index is 13.3. The molecule has 2 rings (SSSR count). The van der Waals surface area contributed by atoms with Crippen LogP contribution in [0.2, 0.25) is 0 Å². The smallest absolute Gasteiger partial charge is 0.271 e. The lowest BCUT2D eigenvalue weighted by Crippen LogP contribution is -2.51. The number of rotatable bonds is 3. The Labute approximate surface area is 119 Å². The van der Waals surface area contributed by atoms with Crippen LogP contribution in [0.15, 0.2) is 0 Å². The van der Waals surface area contributed by atoms with Crippen LogP contribution < -0.4 is 11.3 Å². The molecule has 2 aliphatic carbocycles. The van der Waals surface area contributed by atoms with E-state index >= 15 is 0 Å². The number of halogens is 3. The van der Waals surface area contributed by atoms with Crippen molar-refractivity contribution < 1.29 is 13.2 Å². The van der Waals surface area contributed by atoms with Gasteiger partial charge < -0.3 is 0 Å². The second kappa shape index (κ2) is 7.12. The lowest BCUT2D eigenvalue weighted by Gasteiger charge is -2.41. The van der Waals surface area contributed by atoms with E-state index in [2.05, 4.69) is 5.43 Å². The van der Waals surface area contributed by atoms with E-state index in [-0.39, 0.29) is 18.4 Å². The van der Waals surface area contributed by atoms with E-state index in [1.807, 2.05) is 0 Å². The van der Waals surface area contributed by atoms with Gasteiger partial charge in [-0.1, -0.05) is 38.5 Å². The van der Waals surface area contributed by atoms with Crippen molar-refractivity contribution in [2.45, 2.75) is 76.4 Å². The first-order valence-electron chi connectivity index (χ1n) is 8.07. The van der Waals surface area contributed by atoms with Crippen LogP contribution in [0.5, 0.6) is 0 Å². The summed E-state index contributed by atoms with van der Waals surface area (Å²) in [5, 5.41) is 0. The summed E-state index contributed by atoms with van der Waals surface area (Å²) in [7, 11) is 0. The van der Waals surface area contributed by atoms with Crippen molar-refractivity contribution in [1.82, 2.24) is 5.43 Å². The highest BCUT2D eigenvalue weighted by Crippen LogP contribution is 2.45. The van der Waals surface area contributed by atoms with Crippen LogP contribution >= 0.6 is 0 Å². The minimum absolute atomic E-state index is 0.167. The molecule has 3 N–H and O–H groups in total. The first kappa shape index (κ1) is 16.1. The Morgan fingerprint density at radius 3 is 1.95 bits per heavy atom. The molecule has 0 bridgehead atoms. The van der Waals surface area contributed by atoms with Gasteiger partial charge in [-0.2, -0.15) is 13.2 Å². The fourth-order valence-electron chi connectivity index (χ4n) is 4.28. The maximum Gasteiger partial charge on any atom is 0.392 e. The molecule has 0 spiro atoms. The molecule has 0 saturated heterocycles. The molecule has 0 radical (unpaired) electrons. The summed E-state index contributed by atoms with van der Waals surface area (Å²) in [6.45, 7) is 0. The van der Waals surface area contributed by atoms with E-state index in [9.17, 15) is 13.2 Å². The highest BCUT2D eigenvalue weighted by Gasteiger charge is 2.48. The third-order valence-electron chi connectivity index (χ3n) is 5.30. The Balaban J connectivity index is 2.10. The Bertz CT molecular complexity index is 285. The van der Waals surface area contributed by atoms with Gasteiger partial charge in [-0.05, 0) is 37.5 Å². The van der Waals surface area contributed by atoms with E-state index in [0.717, 1.165) is 32.1 Å². The monoisotopic (exact) mass is 292 g/mol. The van der Waals surface area contributed by atoms with Crippen LogP contribution in [-0.4, -0.2) is 12.2 Å². The second-order valence-corrected chi connectivity index (χ2v) is 6.54. The van der Waals surface area contributed by atoms with E-state index < -0.39 is 12.1 Å². The van der Waals surface area contributed by atoms with Crippen molar-refractivity contribution >= 4 is 0 Å². The zero-order valence-corrected chi connectivity index (χ0v) is 12.1. The molecule has 20 heavy (non-hydrogen) atoms. The average Bonchev–Trinajstić information content (AvgIpc) is 2.68. The molecule has 2 fully saturated rings. The van der Waals surface area contributed by atoms with Crippen molar-refractivity contribution in [3.8, 4) is 0 Å². The van der Waals surface area contributed by atoms with Gasteiger partial charge in [0, 0.05) is 6.04 Å². The average molecular weight is 292 g/mol. The predicted molar refractivity (Wildman–Crippen MR) is 73.8 cm³/mol. The molecule has 0 heterocycles. The molecule has 3 unspecified atom stereocenters. The van der Waals surface area contributed by atoms with Gasteiger partial charge >= 0.3 is 6.18 Å². The minimum Gasteiger partial charge on any atom is -0.271 e. The lowest BCUT2D eigenvalue weighted by molar-refractivity contribution is -0.201. The molecule has 3 atom stereocenters. The van der Waals surface area contributed by atoms with Crippen LogP contribution in [0.1, 0.15) is 64.2 Å². The van der Waals surface area contributed by atoms with E-state index in [4.69, 9.17) is 5.84 Å². The largest absolute Gasteiger partial charge is 0.392 e. The number of hydrogen-bond acceptors (Lipinski definition) is 2. The van der Waals surface area contributed by atoms with Crippen molar-refractivity contribution in [2.75, 3.05) is 0 Å². The van der Waals surface area contributed by atoms with E-state index in [1.54, 1.807) is 0 Å². The summed E-state index contributed by atoms with van der Waals surface area (Å²) >= 11 is 0. The maximum absolute atomic E-state index is 13.3. The molecule has 2 aliphatic rings. The summed E-state index contributed by atoms with van der Waals surface area (Å²) in [5.41, 5.74) is 2.77. The molecule has 0 aromatic rings. The van der Waals surface area contributed by atoms with Crippen molar-refractivity contribution in [3.63, 3.8) is 0 Å². The SMILES string of the molecule is NNC(C1CCCCCC1)C1CCCCC1C(F)(F)F. The molecule has 0 aromatic heterocycles. The third kappa shape index (κ3) is 3.88. The fraction of sp³-hybridized carbons (Fsp3) is 1.00. The summed E-state index contributed by atoms with van der Waals surface area (Å²) in [4.78, 5) is 0. The van der Waals surface area contributed by atoms with Gasteiger partial charge in [0.25, 0.3) is 0 Å². The van der Waals surface area contributed by atoms with Crippen molar-refractivity contribution in [3.05, 3.63) is 0 Å². The van der Waals surface area contributed by atoms with Gasteiger partial charge in [-0.3, -0.25) is 11.3 Å². The topological polar surface area (TPSA) is 38.0 Å². The summed E-state index contributed by atoms with van der Waals surface area (Å²) in [5.74, 6) is 4.49. The third-order valence-corrected chi connectivity index (χ3v) is 5.30. The molecule has 0 aromatic carbocycles. The van der Waals surface area contributed by atoms with Gasteiger partial charge in [0.2, 0.25) is 0 Å². The van der Waals surface area contributed by atoms with Gasteiger partial charge in [0.05, 0.1) is 5.92 Å². The molecule has 2 saturated carbocycles. The molecular weight excluding hydrogens is 265 g/mol. The predicted octanol–water partition coefficient (Wildman–Crippen LogP) is 4.16. The normalized spacial score (nSPS) is 31.8. The molecule has 5 heteroatoms. The van der Waals surface area contributed by atoms with E-state index in [0.29, 0.717) is 18.8 Å². The fourth-order valence-corrected chi connectivity index (χ4v) is 4.28. The van der Waals surface area contributed by atoms with Gasteiger partial charge in [-0.25, -0.2) is 0 Å². The Hall–Kier alpha value is -0.290. The molecule has 0 amide bonds. The number of nitrogens with two attached hydrogens (primary N) is 1. The number of hydrazine groups is 1. The quantitative estimate of drug-likeness (QED) is 0.466. The summed E-state index contributed by atoms with van der Waals surface area (Å²) in [6.07, 6.45) is 5.19. The molecule has 2 nitrogen and oxygen atoms in total. The van der Waals surface area contributed by atoms with Crippen molar-refractivity contribution in [2.24, 2.45) is 23.6 Å². The Morgan fingerprint density at radius 2 is 1.40 bits per heavy atom. The van der Waals surface area contributed by atoms with Crippen LogP contribution in [0, 0.1) is 17.8 Å². The number of alkyl halides is 3. The number of nitrogens with one attached hydrogen (secondary N) is 1. The van der Waals surface area contributed by atoms with Gasteiger partial charge in [-0.15, -0.1) is 0 Å². The number of hydrogen-bond donors (Lipinski definition) is 2. The van der Waals surface area contributed by atoms with Gasteiger partial charge in [0.15, 0.2) is 0 Å². The zero-order chi connectivity index (χ0) is 14.6.